The Kier molecular flexibility index (Phi) is 6.13. The summed E-state index contributed by atoms with van der Waals surface area (Å²) in [6.07, 6.45) is 4.80. The summed E-state index contributed by atoms with van der Waals surface area (Å²) >= 11 is 1.51. The molecule has 1 aliphatic rings. The zero-order chi connectivity index (χ0) is 17.6. The predicted octanol–water partition coefficient (Wildman–Crippen LogP) is 3.97. The van der Waals surface area contributed by atoms with Gasteiger partial charge >= 0.3 is 0 Å². The standard InChI is InChI=1S/C19H25N3O2S/c1-13-7-9-15(10-8-13)19-21-18(24-22-19)12-25-11-17(23)20-16-6-4-3-5-14(16)2/h7-10,14,16H,3-6,11-12H2,1-2H3,(H,20,23). The molecule has 3 rings (SSSR count). The Morgan fingerprint density at radius 1 is 1.28 bits per heavy atom. The largest absolute Gasteiger partial charge is 0.352 e. The molecule has 1 aliphatic carbocycles. The van der Waals surface area contributed by atoms with Crippen molar-refractivity contribution in [1.29, 1.82) is 0 Å². The molecule has 0 saturated heterocycles. The summed E-state index contributed by atoms with van der Waals surface area (Å²) in [6.45, 7) is 4.27. The van der Waals surface area contributed by atoms with Crippen molar-refractivity contribution in [3.63, 3.8) is 0 Å². The van der Waals surface area contributed by atoms with E-state index in [1.54, 1.807) is 0 Å². The van der Waals surface area contributed by atoms with Crippen LogP contribution >= 0.6 is 11.8 Å². The number of amides is 1. The quantitative estimate of drug-likeness (QED) is 0.845. The van der Waals surface area contributed by atoms with Crippen molar-refractivity contribution in [2.45, 2.75) is 51.3 Å². The highest BCUT2D eigenvalue weighted by atomic mass is 32.2. The second-order valence-electron chi connectivity index (χ2n) is 6.81. The molecule has 0 bridgehead atoms. The highest BCUT2D eigenvalue weighted by Gasteiger charge is 2.22. The van der Waals surface area contributed by atoms with Crippen molar-refractivity contribution < 1.29 is 9.32 Å². The van der Waals surface area contributed by atoms with E-state index >= 15 is 0 Å². The van der Waals surface area contributed by atoms with E-state index in [4.69, 9.17) is 4.52 Å². The van der Waals surface area contributed by atoms with E-state index < -0.39 is 0 Å². The van der Waals surface area contributed by atoms with Crippen molar-refractivity contribution in [3.8, 4) is 11.4 Å². The van der Waals surface area contributed by atoms with Gasteiger partial charge in [-0.2, -0.15) is 4.98 Å². The van der Waals surface area contributed by atoms with Crippen LogP contribution in [0.3, 0.4) is 0 Å². The summed E-state index contributed by atoms with van der Waals surface area (Å²) in [4.78, 5) is 16.5. The summed E-state index contributed by atoms with van der Waals surface area (Å²) in [5, 5.41) is 7.18. The van der Waals surface area contributed by atoms with Crippen LogP contribution in [0.4, 0.5) is 0 Å². The number of carbonyl (C=O) groups is 1. The van der Waals surface area contributed by atoms with Crippen LogP contribution in [0.5, 0.6) is 0 Å². The zero-order valence-corrected chi connectivity index (χ0v) is 15.6. The fourth-order valence-electron chi connectivity index (χ4n) is 3.14. The second-order valence-corrected chi connectivity index (χ2v) is 7.79. The third-order valence-corrected chi connectivity index (χ3v) is 5.61. The molecule has 6 heteroatoms. The van der Waals surface area contributed by atoms with Crippen LogP contribution in [0.2, 0.25) is 0 Å². The SMILES string of the molecule is Cc1ccc(-c2noc(CSCC(=O)NC3CCCCC3C)n2)cc1. The minimum atomic E-state index is 0.0991. The number of aryl methyl sites for hydroxylation is 1. The highest BCUT2D eigenvalue weighted by Crippen LogP contribution is 2.24. The van der Waals surface area contributed by atoms with Gasteiger partial charge in [0.05, 0.1) is 11.5 Å². The molecule has 5 nitrogen and oxygen atoms in total. The van der Waals surface area contributed by atoms with Crippen LogP contribution in [0, 0.1) is 12.8 Å². The van der Waals surface area contributed by atoms with E-state index in [0.29, 0.717) is 35.2 Å². The van der Waals surface area contributed by atoms with Crippen LogP contribution in [-0.4, -0.2) is 27.8 Å². The third kappa shape index (κ3) is 5.08. The topological polar surface area (TPSA) is 68.0 Å². The maximum Gasteiger partial charge on any atom is 0.236 e. The Morgan fingerprint density at radius 3 is 2.80 bits per heavy atom. The zero-order valence-electron chi connectivity index (χ0n) is 14.8. The lowest BCUT2D eigenvalue weighted by atomic mass is 9.86. The minimum absolute atomic E-state index is 0.0991. The van der Waals surface area contributed by atoms with Crippen molar-refractivity contribution >= 4 is 17.7 Å². The first kappa shape index (κ1) is 18.0. The molecule has 1 amide bonds. The Balaban J connectivity index is 1.44. The fraction of sp³-hybridized carbons (Fsp3) is 0.526. The predicted molar refractivity (Wildman–Crippen MR) is 100 cm³/mol. The van der Waals surface area contributed by atoms with Gasteiger partial charge in [0.15, 0.2) is 0 Å². The fourth-order valence-corrected chi connectivity index (χ4v) is 3.81. The van der Waals surface area contributed by atoms with Crippen molar-refractivity contribution in [2.75, 3.05) is 5.75 Å². The third-order valence-electron chi connectivity index (χ3n) is 4.69. The lowest BCUT2D eigenvalue weighted by Gasteiger charge is -2.29. The number of hydrogen-bond acceptors (Lipinski definition) is 5. The normalized spacial score (nSPS) is 20.4. The Labute approximate surface area is 153 Å². The number of carbonyl (C=O) groups excluding carboxylic acids is 1. The highest BCUT2D eigenvalue weighted by molar-refractivity contribution is 7.99. The van der Waals surface area contributed by atoms with Crippen LogP contribution in [0.25, 0.3) is 11.4 Å². The molecule has 1 aromatic carbocycles. The van der Waals surface area contributed by atoms with Gasteiger partial charge in [0.2, 0.25) is 17.6 Å². The molecule has 1 N–H and O–H groups in total. The van der Waals surface area contributed by atoms with Crippen LogP contribution < -0.4 is 5.32 Å². The monoisotopic (exact) mass is 359 g/mol. The maximum atomic E-state index is 12.1. The number of rotatable bonds is 6. The summed E-state index contributed by atoms with van der Waals surface area (Å²) in [6, 6.07) is 8.34. The van der Waals surface area contributed by atoms with Crippen LogP contribution in [-0.2, 0) is 10.5 Å². The molecule has 2 aromatic rings. The van der Waals surface area contributed by atoms with Gasteiger partial charge in [0.1, 0.15) is 0 Å². The second kappa shape index (κ2) is 8.52. The molecular formula is C19H25N3O2S. The van der Waals surface area contributed by atoms with Gasteiger partial charge in [-0.05, 0) is 25.7 Å². The van der Waals surface area contributed by atoms with E-state index in [-0.39, 0.29) is 5.91 Å². The number of hydrogen-bond donors (Lipinski definition) is 1. The van der Waals surface area contributed by atoms with Gasteiger partial charge in [0, 0.05) is 11.6 Å². The van der Waals surface area contributed by atoms with Gasteiger partial charge < -0.3 is 9.84 Å². The lowest BCUT2D eigenvalue weighted by Crippen LogP contribution is -2.41. The Hall–Kier alpha value is -1.82. The number of nitrogens with zero attached hydrogens (tertiary/aromatic N) is 2. The van der Waals surface area contributed by atoms with Crippen molar-refractivity contribution in [2.24, 2.45) is 5.92 Å². The summed E-state index contributed by atoms with van der Waals surface area (Å²) in [5.74, 6) is 2.80. The number of benzene rings is 1. The Morgan fingerprint density at radius 2 is 2.04 bits per heavy atom. The van der Waals surface area contributed by atoms with Crippen LogP contribution in [0.1, 0.15) is 44.1 Å². The molecule has 25 heavy (non-hydrogen) atoms. The molecule has 134 valence electrons. The lowest BCUT2D eigenvalue weighted by molar-refractivity contribution is -0.119. The van der Waals surface area contributed by atoms with E-state index in [9.17, 15) is 4.79 Å². The average Bonchev–Trinajstić information content (AvgIpc) is 3.06. The molecule has 1 saturated carbocycles. The first-order valence-corrected chi connectivity index (χ1v) is 10.0. The molecule has 1 heterocycles. The summed E-state index contributed by atoms with van der Waals surface area (Å²) in [7, 11) is 0. The van der Waals surface area contributed by atoms with Gasteiger partial charge in [0.25, 0.3) is 0 Å². The maximum absolute atomic E-state index is 12.1. The van der Waals surface area contributed by atoms with Crippen molar-refractivity contribution in [3.05, 3.63) is 35.7 Å². The molecule has 2 unspecified atom stereocenters. The first-order valence-electron chi connectivity index (χ1n) is 8.88. The molecular weight excluding hydrogens is 334 g/mol. The molecule has 0 aliphatic heterocycles. The number of thioether (sulfide) groups is 1. The molecule has 1 fully saturated rings. The number of nitrogens with one attached hydrogen (secondary N) is 1. The Bertz CT molecular complexity index is 699. The molecule has 2 atom stereocenters. The minimum Gasteiger partial charge on any atom is -0.352 e. The van der Waals surface area contributed by atoms with Crippen molar-refractivity contribution in [1.82, 2.24) is 15.5 Å². The van der Waals surface area contributed by atoms with Crippen LogP contribution in [0.15, 0.2) is 28.8 Å². The number of aromatic nitrogens is 2. The van der Waals surface area contributed by atoms with E-state index in [0.717, 1.165) is 12.0 Å². The molecule has 0 spiro atoms. The van der Waals surface area contributed by atoms with E-state index in [1.165, 1.54) is 36.6 Å². The molecule has 1 aromatic heterocycles. The summed E-state index contributed by atoms with van der Waals surface area (Å²) in [5.41, 5.74) is 2.14. The van der Waals surface area contributed by atoms with Gasteiger partial charge in [-0.1, -0.05) is 54.8 Å². The van der Waals surface area contributed by atoms with Gasteiger partial charge in [-0.25, -0.2) is 0 Å². The smallest absolute Gasteiger partial charge is 0.236 e. The van der Waals surface area contributed by atoms with Gasteiger partial charge in [-0.3, -0.25) is 4.79 Å². The van der Waals surface area contributed by atoms with Gasteiger partial charge in [-0.15, -0.1) is 11.8 Å². The van der Waals surface area contributed by atoms with E-state index in [1.807, 2.05) is 31.2 Å². The average molecular weight is 359 g/mol. The first-order chi connectivity index (χ1) is 12.1. The van der Waals surface area contributed by atoms with E-state index in [2.05, 4.69) is 22.4 Å². The molecule has 0 radical (unpaired) electrons. The summed E-state index contributed by atoms with van der Waals surface area (Å²) < 4.78 is 5.28.